The van der Waals surface area contributed by atoms with Gasteiger partial charge in [0.05, 0.1) is 0 Å². The number of hydrogen-bond acceptors (Lipinski definition) is 2. The van der Waals surface area contributed by atoms with Crippen LogP contribution in [0.3, 0.4) is 0 Å². The Morgan fingerprint density at radius 1 is 1.42 bits per heavy atom. The summed E-state index contributed by atoms with van der Waals surface area (Å²) in [5, 5.41) is 0. The SMILES string of the molecule is [CH2-]S(=O)(=O)c1[c-]cc(C)cc1.[W+2]. The summed E-state index contributed by atoms with van der Waals surface area (Å²) in [7, 11) is -3.33. The zero-order chi connectivity index (χ0) is 8.48. The monoisotopic (exact) mass is 352 g/mol. The topological polar surface area (TPSA) is 34.1 Å². The van der Waals surface area contributed by atoms with Gasteiger partial charge in [0, 0.05) is 9.84 Å². The molecule has 0 aliphatic rings. The van der Waals surface area contributed by atoms with Crippen molar-refractivity contribution in [2.45, 2.75) is 11.8 Å². The second-order valence-electron chi connectivity index (χ2n) is 2.35. The maximum absolute atomic E-state index is 10.8. The minimum absolute atomic E-state index is 0. The zero-order valence-corrected chi connectivity index (χ0v) is 10.3. The molecule has 0 amide bonds. The second kappa shape index (κ2) is 4.20. The number of benzene rings is 1. The predicted octanol–water partition coefficient (Wildman–Crippen LogP) is 1.36. The molecule has 0 aliphatic carbocycles. The third-order valence-electron chi connectivity index (χ3n) is 1.27. The molecule has 4 heteroatoms. The molecule has 1 rings (SSSR count). The van der Waals surface area contributed by atoms with Gasteiger partial charge in [0.2, 0.25) is 0 Å². The molecule has 0 radical (unpaired) electrons. The van der Waals surface area contributed by atoms with Crippen molar-refractivity contribution in [1.29, 1.82) is 0 Å². The molecule has 0 atom stereocenters. The van der Waals surface area contributed by atoms with Crippen LogP contribution in [-0.4, -0.2) is 8.42 Å². The normalized spacial score (nSPS) is 10.5. The molecular weight excluding hydrogens is 344 g/mol. The summed E-state index contributed by atoms with van der Waals surface area (Å²) in [6.45, 7) is 1.87. The van der Waals surface area contributed by atoms with Crippen LogP contribution in [0.25, 0.3) is 0 Å². The van der Waals surface area contributed by atoms with Crippen LogP contribution in [0.1, 0.15) is 5.56 Å². The quantitative estimate of drug-likeness (QED) is 0.716. The Morgan fingerprint density at radius 3 is 2.33 bits per heavy atom. The maximum Gasteiger partial charge on any atom is 2.00 e. The zero-order valence-electron chi connectivity index (χ0n) is 6.57. The molecule has 0 bridgehead atoms. The van der Waals surface area contributed by atoms with Crippen molar-refractivity contribution < 1.29 is 29.5 Å². The third kappa shape index (κ3) is 3.08. The molecule has 0 heterocycles. The fraction of sp³-hybridized carbons (Fsp3) is 0.125. The van der Waals surface area contributed by atoms with Gasteiger partial charge >= 0.3 is 21.1 Å². The summed E-state index contributed by atoms with van der Waals surface area (Å²) in [4.78, 5) is 0.142. The van der Waals surface area contributed by atoms with Gasteiger partial charge < -0.3 is 0 Å². The average molecular weight is 352 g/mol. The maximum atomic E-state index is 10.8. The molecule has 1 aromatic rings. The Balaban J connectivity index is 0.00000121. The van der Waals surface area contributed by atoms with Gasteiger partial charge in [-0.2, -0.15) is 29.8 Å². The molecule has 0 aliphatic heterocycles. The van der Waals surface area contributed by atoms with Crippen LogP contribution < -0.4 is 0 Å². The third-order valence-corrected chi connectivity index (χ3v) is 2.20. The van der Waals surface area contributed by atoms with E-state index in [0.717, 1.165) is 5.56 Å². The summed E-state index contributed by atoms with van der Waals surface area (Å²) in [6.07, 6.45) is 3.01. The second-order valence-corrected chi connectivity index (χ2v) is 4.01. The Morgan fingerprint density at radius 2 is 2.00 bits per heavy atom. The molecule has 1 aromatic carbocycles. The largest absolute Gasteiger partial charge is 2.00 e. The fourth-order valence-electron chi connectivity index (χ4n) is 0.682. The van der Waals surface area contributed by atoms with Crippen molar-refractivity contribution in [3.63, 3.8) is 0 Å². The first-order valence-electron chi connectivity index (χ1n) is 3.06. The summed E-state index contributed by atoms with van der Waals surface area (Å²) in [5.74, 6) is 0. The van der Waals surface area contributed by atoms with Crippen LogP contribution >= 0.6 is 0 Å². The van der Waals surface area contributed by atoms with Gasteiger partial charge in [-0.05, 0) is 0 Å². The van der Waals surface area contributed by atoms with Crippen molar-refractivity contribution >= 4 is 9.84 Å². The van der Waals surface area contributed by atoms with Crippen molar-refractivity contribution in [3.8, 4) is 0 Å². The van der Waals surface area contributed by atoms with Crippen LogP contribution in [0.15, 0.2) is 23.1 Å². The molecule has 2 nitrogen and oxygen atoms in total. The van der Waals surface area contributed by atoms with Gasteiger partial charge in [-0.25, -0.2) is 6.26 Å². The molecule has 0 N–H and O–H groups in total. The van der Waals surface area contributed by atoms with Gasteiger partial charge in [-0.15, -0.1) is 0 Å². The first kappa shape index (κ1) is 11.9. The number of sulfone groups is 1. The van der Waals surface area contributed by atoms with Gasteiger partial charge in [0.15, 0.2) is 0 Å². The van der Waals surface area contributed by atoms with Gasteiger partial charge in [0.1, 0.15) is 0 Å². The van der Waals surface area contributed by atoms with Gasteiger partial charge in [-0.1, -0.05) is 11.8 Å². The van der Waals surface area contributed by atoms with Crippen LogP contribution in [-0.2, 0) is 30.9 Å². The molecule has 12 heavy (non-hydrogen) atoms. The van der Waals surface area contributed by atoms with E-state index in [1.165, 1.54) is 6.07 Å². The van der Waals surface area contributed by atoms with E-state index in [-0.39, 0.29) is 26.0 Å². The van der Waals surface area contributed by atoms with E-state index in [1.807, 2.05) is 6.92 Å². The van der Waals surface area contributed by atoms with E-state index in [4.69, 9.17) is 0 Å². The summed E-state index contributed by atoms with van der Waals surface area (Å²) in [5.41, 5.74) is 0.984. The Hall–Kier alpha value is -0.142. The van der Waals surface area contributed by atoms with Crippen molar-refractivity contribution in [2.75, 3.05) is 0 Å². The molecule has 0 aromatic heterocycles. The van der Waals surface area contributed by atoms with Crippen LogP contribution in [0.5, 0.6) is 0 Å². The Bertz CT molecular complexity index is 340. The molecular formula is C8H8O2SW. The minimum Gasteiger partial charge on any atom is -0.260 e. The Kier molecular flexibility index (Phi) is 4.15. The average Bonchev–Trinajstić information content (AvgIpc) is 1.86. The van der Waals surface area contributed by atoms with Crippen molar-refractivity contribution in [1.82, 2.24) is 0 Å². The van der Waals surface area contributed by atoms with Crippen LogP contribution in [0, 0.1) is 19.2 Å². The smallest absolute Gasteiger partial charge is 0.260 e. The van der Waals surface area contributed by atoms with Crippen LogP contribution in [0.2, 0.25) is 0 Å². The van der Waals surface area contributed by atoms with Gasteiger partial charge in [0.25, 0.3) is 0 Å². The van der Waals surface area contributed by atoms with E-state index in [2.05, 4.69) is 12.3 Å². The molecule has 0 unspecified atom stereocenters. The van der Waals surface area contributed by atoms with E-state index in [9.17, 15) is 8.42 Å². The molecule has 0 saturated heterocycles. The van der Waals surface area contributed by atoms with Gasteiger partial charge in [-0.3, -0.25) is 8.42 Å². The minimum atomic E-state index is -3.33. The summed E-state index contributed by atoms with van der Waals surface area (Å²) >= 11 is 0. The van der Waals surface area contributed by atoms with Crippen molar-refractivity contribution in [3.05, 3.63) is 36.1 Å². The van der Waals surface area contributed by atoms with Crippen LogP contribution in [0.4, 0.5) is 0 Å². The first-order valence-corrected chi connectivity index (χ1v) is 4.72. The standard InChI is InChI=1S/C8H8O2S.W/c1-7-3-5-8(6-4-7)11(2,9)10;/h3-5H,2H2,1H3;/q-2;+2. The van der Waals surface area contributed by atoms with E-state index in [1.54, 1.807) is 12.1 Å². The molecule has 0 saturated carbocycles. The van der Waals surface area contributed by atoms with E-state index >= 15 is 0 Å². The van der Waals surface area contributed by atoms with E-state index in [0.29, 0.717) is 0 Å². The first-order chi connectivity index (χ1) is 5.00. The summed E-state index contributed by atoms with van der Waals surface area (Å²) in [6, 6.07) is 7.46. The molecule has 0 spiro atoms. The number of aryl methyl sites for hydroxylation is 1. The Labute approximate surface area is 87.2 Å². The number of hydrogen-bond donors (Lipinski definition) is 0. The van der Waals surface area contributed by atoms with Crippen molar-refractivity contribution in [2.24, 2.45) is 0 Å². The number of rotatable bonds is 1. The summed E-state index contributed by atoms with van der Waals surface area (Å²) < 4.78 is 21.6. The fourth-order valence-corrected chi connectivity index (χ4v) is 1.20. The molecule has 64 valence electrons. The molecule has 0 fully saturated rings. The van der Waals surface area contributed by atoms with E-state index < -0.39 is 9.84 Å². The predicted molar refractivity (Wildman–Crippen MR) is 42.6 cm³/mol.